The summed E-state index contributed by atoms with van der Waals surface area (Å²) in [5, 5.41) is 4.43. The summed E-state index contributed by atoms with van der Waals surface area (Å²) in [4.78, 5) is 25.0. The maximum absolute atomic E-state index is 13.8. The topological polar surface area (TPSA) is 79.7 Å². The minimum absolute atomic E-state index is 0.0257. The number of hydrogen-bond acceptors (Lipinski definition) is 6. The van der Waals surface area contributed by atoms with Crippen molar-refractivity contribution in [2.45, 2.75) is 0 Å². The molecule has 144 valence electrons. The average molecular weight is 384 g/mol. The Labute approximate surface area is 160 Å². The van der Waals surface area contributed by atoms with Crippen molar-refractivity contribution in [3.8, 4) is 22.7 Å². The fraction of sp³-hybridized carbons (Fsp3) is 0.150. The molecule has 0 amide bonds. The van der Waals surface area contributed by atoms with Crippen LogP contribution in [0.4, 0.5) is 4.39 Å². The Bertz CT molecular complexity index is 1030. The number of hydrogen-bond donors (Lipinski definition) is 0. The highest BCUT2D eigenvalue weighted by Gasteiger charge is 2.31. The van der Waals surface area contributed by atoms with Crippen LogP contribution >= 0.6 is 0 Å². The number of carbonyl (C=O) groups excluding carboxylic acids is 2. The highest BCUT2D eigenvalue weighted by molar-refractivity contribution is 6.06. The third-order valence-corrected chi connectivity index (χ3v) is 4.08. The molecule has 0 saturated carbocycles. The second kappa shape index (κ2) is 7.91. The summed E-state index contributed by atoms with van der Waals surface area (Å²) in [6.45, 7) is 0. The normalized spacial score (nSPS) is 10.4. The van der Waals surface area contributed by atoms with Crippen LogP contribution in [0, 0.1) is 5.82 Å². The van der Waals surface area contributed by atoms with Crippen LogP contribution in [0.15, 0.2) is 48.5 Å². The smallest absolute Gasteiger partial charge is 0.357 e. The summed E-state index contributed by atoms with van der Waals surface area (Å²) >= 11 is 0. The zero-order valence-corrected chi connectivity index (χ0v) is 15.4. The number of halogens is 1. The van der Waals surface area contributed by atoms with Gasteiger partial charge in [-0.3, -0.25) is 0 Å². The zero-order chi connectivity index (χ0) is 20.3. The zero-order valence-electron chi connectivity index (χ0n) is 15.4. The van der Waals surface area contributed by atoms with Crippen LogP contribution in [0.5, 0.6) is 5.75 Å². The molecule has 1 aromatic heterocycles. The van der Waals surface area contributed by atoms with Crippen LogP contribution in [0.25, 0.3) is 16.9 Å². The molecule has 2 aromatic carbocycles. The Hall–Kier alpha value is -3.68. The summed E-state index contributed by atoms with van der Waals surface area (Å²) in [6, 6.07) is 12.8. The number of esters is 2. The fourth-order valence-corrected chi connectivity index (χ4v) is 2.76. The number of rotatable bonds is 5. The van der Waals surface area contributed by atoms with Crippen molar-refractivity contribution < 1.29 is 28.2 Å². The van der Waals surface area contributed by atoms with Gasteiger partial charge in [-0.1, -0.05) is 18.2 Å². The van der Waals surface area contributed by atoms with Crippen molar-refractivity contribution in [1.82, 2.24) is 9.78 Å². The van der Waals surface area contributed by atoms with Crippen LogP contribution in [-0.2, 0) is 9.47 Å². The molecule has 0 bridgehead atoms. The second-order valence-corrected chi connectivity index (χ2v) is 5.65. The Morgan fingerprint density at radius 1 is 0.964 bits per heavy atom. The van der Waals surface area contributed by atoms with Gasteiger partial charge in [-0.05, 0) is 30.3 Å². The third-order valence-electron chi connectivity index (χ3n) is 4.08. The molecule has 0 aliphatic rings. The van der Waals surface area contributed by atoms with Gasteiger partial charge in [0.15, 0.2) is 17.3 Å². The first-order valence-corrected chi connectivity index (χ1v) is 8.20. The molecule has 7 nitrogen and oxygen atoms in total. The van der Waals surface area contributed by atoms with E-state index in [-0.39, 0.29) is 22.7 Å². The van der Waals surface area contributed by atoms with E-state index in [2.05, 4.69) is 5.10 Å². The number of aromatic nitrogens is 2. The summed E-state index contributed by atoms with van der Waals surface area (Å²) in [5.74, 6) is -2.14. The highest BCUT2D eigenvalue weighted by atomic mass is 19.1. The number of nitrogens with zero attached hydrogens (tertiary/aromatic N) is 2. The molecular weight excluding hydrogens is 367 g/mol. The average Bonchev–Trinajstić information content (AvgIpc) is 3.14. The third kappa shape index (κ3) is 3.32. The highest BCUT2D eigenvalue weighted by Crippen LogP contribution is 2.32. The first kappa shape index (κ1) is 19.1. The van der Waals surface area contributed by atoms with Crippen molar-refractivity contribution in [3.05, 3.63) is 65.6 Å². The monoisotopic (exact) mass is 384 g/mol. The van der Waals surface area contributed by atoms with Gasteiger partial charge in [0.05, 0.1) is 27.0 Å². The minimum Gasteiger partial charge on any atom is -0.494 e. The molecule has 0 aliphatic heterocycles. The lowest BCUT2D eigenvalue weighted by Crippen LogP contribution is -2.15. The van der Waals surface area contributed by atoms with E-state index in [0.29, 0.717) is 11.3 Å². The van der Waals surface area contributed by atoms with E-state index < -0.39 is 17.8 Å². The van der Waals surface area contributed by atoms with Crippen molar-refractivity contribution in [1.29, 1.82) is 0 Å². The SMILES string of the molecule is COC(=O)c1c(-c2ccc(F)c(OC)c2)nn(-c2ccccc2)c1C(=O)OC. The molecule has 0 saturated heterocycles. The van der Waals surface area contributed by atoms with E-state index in [0.717, 1.165) is 0 Å². The molecule has 0 spiro atoms. The van der Waals surface area contributed by atoms with Gasteiger partial charge < -0.3 is 14.2 Å². The van der Waals surface area contributed by atoms with Gasteiger partial charge in [0, 0.05) is 5.56 Å². The number of para-hydroxylation sites is 1. The molecule has 0 N–H and O–H groups in total. The first-order chi connectivity index (χ1) is 13.5. The Kier molecular flexibility index (Phi) is 5.39. The Morgan fingerprint density at radius 2 is 1.64 bits per heavy atom. The number of methoxy groups -OCH3 is 3. The lowest BCUT2D eigenvalue weighted by atomic mass is 10.1. The van der Waals surface area contributed by atoms with Gasteiger partial charge in [0.1, 0.15) is 11.3 Å². The van der Waals surface area contributed by atoms with Gasteiger partial charge in [-0.25, -0.2) is 18.7 Å². The second-order valence-electron chi connectivity index (χ2n) is 5.65. The molecule has 0 fully saturated rings. The number of benzene rings is 2. The minimum atomic E-state index is -0.777. The van der Waals surface area contributed by atoms with E-state index in [1.165, 1.54) is 44.2 Å². The summed E-state index contributed by atoms with van der Waals surface area (Å²) in [6.07, 6.45) is 0. The van der Waals surface area contributed by atoms with Crippen LogP contribution in [-0.4, -0.2) is 43.0 Å². The molecule has 3 aromatic rings. The van der Waals surface area contributed by atoms with Crippen molar-refractivity contribution in [2.75, 3.05) is 21.3 Å². The predicted octanol–water partition coefficient (Wildman–Crippen LogP) is 3.26. The predicted molar refractivity (Wildman–Crippen MR) is 98.2 cm³/mol. The van der Waals surface area contributed by atoms with E-state index in [4.69, 9.17) is 14.2 Å². The van der Waals surface area contributed by atoms with Crippen LogP contribution in [0.2, 0.25) is 0 Å². The largest absolute Gasteiger partial charge is 0.494 e. The van der Waals surface area contributed by atoms with E-state index in [9.17, 15) is 14.0 Å². The van der Waals surface area contributed by atoms with Crippen molar-refractivity contribution in [2.24, 2.45) is 0 Å². The lowest BCUT2D eigenvalue weighted by molar-refractivity contribution is 0.0549. The van der Waals surface area contributed by atoms with Gasteiger partial charge in [-0.15, -0.1) is 0 Å². The maximum atomic E-state index is 13.8. The molecular formula is C20H17FN2O5. The number of carbonyl (C=O) groups is 2. The van der Waals surface area contributed by atoms with E-state index >= 15 is 0 Å². The first-order valence-electron chi connectivity index (χ1n) is 8.20. The summed E-state index contributed by atoms with van der Waals surface area (Å²) in [5.41, 5.74) is 0.854. The number of ether oxygens (including phenoxy) is 3. The maximum Gasteiger partial charge on any atom is 0.357 e. The molecule has 0 radical (unpaired) electrons. The standard InChI is InChI=1S/C20H17FN2O5/c1-26-15-11-12(9-10-14(15)21)17-16(19(24)27-2)18(20(25)28-3)23(22-17)13-7-5-4-6-8-13/h4-11H,1-3H3. The van der Waals surface area contributed by atoms with Gasteiger partial charge >= 0.3 is 11.9 Å². The Morgan fingerprint density at radius 3 is 2.25 bits per heavy atom. The van der Waals surface area contributed by atoms with Gasteiger partial charge in [-0.2, -0.15) is 5.10 Å². The lowest BCUT2D eigenvalue weighted by Gasteiger charge is -2.07. The molecule has 3 rings (SSSR count). The van der Waals surface area contributed by atoms with Crippen LogP contribution in [0.3, 0.4) is 0 Å². The van der Waals surface area contributed by atoms with Crippen LogP contribution in [0.1, 0.15) is 20.8 Å². The molecule has 0 unspecified atom stereocenters. The van der Waals surface area contributed by atoms with Crippen molar-refractivity contribution >= 4 is 11.9 Å². The van der Waals surface area contributed by atoms with E-state index in [1.54, 1.807) is 30.3 Å². The quantitative estimate of drug-likeness (QED) is 0.628. The molecule has 8 heteroatoms. The fourth-order valence-electron chi connectivity index (χ4n) is 2.76. The summed E-state index contributed by atoms with van der Waals surface area (Å²) < 4.78 is 29.8. The molecule has 28 heavy (non-hydrogen) atoms. The molecule has 0 aliphatic carbocycles. The van der Waals surface area contributed by atoms with Crippen LogP contribution < -0.4 is 4.74 Å². The van der Waals surface area contributed by atoms with Gasteiger partial charge in [0.25, 0.3) is 0 Å². The van der Waals surface area contributed by atoms with Crippen molar-refractivity contribution in [3.63, 3.8) is 0 Å². The molecule has 0 atom stereocenters. The van der Waals surface area contributed by atoms with E-state index in [1.807, 2.05) is 0 Å². The van der Waals surface area contributed by atoms with Gasteiger partial charge in [0.2, 0.25) is 0 Å². The molecule has 1 heterocycles. The Balaban J connectivity index is 2.35. The summed E-state index contributed by atoms with van der Waals surface area (Å²) in [7, 11) is 3.72.